The maximum absolute atomic E-state index is 9.05. The largest absolute Gasteiger partial charge is 0.396 e. The van der Waals surface area contributed by atoms with E-state index >= 15 is 0 Å². The van der Waals surface area contributed by atoms with E-state index in [-0.39, 0.29) is 0 Å². The first-order valence-electron chi connectivity index (χ1n) is 6.90. The van der Waals surface area contributed by atoms with Crippen LogP contribution in [0.5, 0.6) is 0 Å². The maximum atomic E-state index is 9.05. The summed E-state index contributed by atoms with van der Waals surface area (Å²) in [5.41, 5.74) is 0.324. The quantitative estimate of drug-likeness (QED) is 0.757. The molecule has 1 saturated heterocycles. The van der Waals surface area contributed by atoms with Crippen LogP contribution in [0.25, 0.3) is 0 Å². The van der Waals surface area contributed by atoms with Gasteiger partial charge in [-0.1, -0.05) is 6.92 Å². The topological polar surface area (TPSA) is 32.3 Å². The molecule has 0 spiro atoms. The van der Waals surface area contributed by atoms with Gasteiger partial charge in [0.15, 0.2) is 0 Å². The molecule has 2 aliphatic rings. The minimum atomic E-state index is 0.324. The van der Waals surface area contributed by atoms with E-state index in [1.807, 2.05) is 0 Å². The van der Waals surface area contributed by atoms with Crippen molar-refractivity contribution in [1.29, 1.82) is 0 Å². The van der Waals surface area contributed by atoms with Crippen molar-refractivity contribution in [2.24, 2.45) is 17.8 Å². The van der Waals surface area contributed by atoms with Gasteiger partial charge in [0.25, 0.3) is 0 Å². The Morgan fingerprint density at radius 3 is 2.75 bits per heavy atom. The second-order valence-corrected chi connectivity index (χ2v) is 6.67. The molecule has 1 aliphatic heterocycles. The zero-order valence-corrected chi connectivity index (χ0v) is 11.0. The number of fused-ring (bicyclic) bond motifs is 1. The molecule has 16 heavy (non-hydrogen) atoms. The molecule has 4 unspecified atom stereocenters. The van der Waals surface area contributed by atoms with E-state index in [2.05, 4.69) is 26.1 Å². The summed E-state index contributed by atoms with van der Waals surface area (Å²) in [7, 11) is 0. The van der Waals surface area contributed by atoms with Gasteiger partial charge in [-0.25, -0.2) is 0 Å². The Kier molecular flexibility index (Phi) is 3.60. The first-order chi connectivity index (χ1) is 7.52. The summed E-state index contributed by atoms with van der Waals surface area (Å²) in [4.78, 5) is 0. The number of nitrogens with one attached hydrogen (secondary N) is 1. The van der Waals surface area contributed by atoms with E-state index in [1.165, 1.54) is 25.7 Å². The fraction of sp³-hybridized carbons (Fsp3) is 1.00. The standard InChI is InChI=1S/C14H27NO/c1-10-9-14(2,3)15-13-5-4-11(6-7-16)8-12(10)13/h10-13,15-16H,4-9H2,1-3H3. The van der Waals surface area contributed by atoms with Gasteiger partial charge >= 0.3 is 0 Å². The highest BCUT2D eigenvalue weighted by atomic mass is 16.3. The molecule has 2 heteroatoms. The van der Waals surface area contributed by atoms with Crippen molar-refractivity contribution in [1.82, 2.24) is 5.32 Å². The van der Waals surface area contributed by atoms with E-state index in [9.17, 15) is 0 Å². The Bertz CT molecular complexity index is 239. The van der Waals surface area contributed by atoms with E-state index < -0.39 is 0 Å². The molecular formula is C14H27NO. The number of rotatable bonds is 2. The van der Waals surface area contributed by atoms with Gasteiger partial charge in [0.05, 0.1) is 0 Å². The van der Waals surface area contributed by atoms with Gasteiger partial charge in [0, 0.05) is 18.2 Å². The van der Waals surface area contributed by atoms with Crippen molar-refractivity contribution < 1.29 is 5.11 Å². The van der Waals surface area contributed by atoms with E-state index in [0.29, 0.717) is 12.1 Å². The van der Waals surface area contributed by atoms with Crippen LogP contribution < -0.4 is 5.32 Å². The van der Waals surface area contributed by atoms with Gasteiger partial charge in [-0.2, -0.15) is 0 Å². The second kappa shape index (κ2) is 4.66. The van der Waals surface area contributed by atoms with Gasteiger partial charge < -0.3 is 10.4 Å². The average Bonchev–Trinajstić information content (AvgIpc) is 2.18. The summed E-state index contributed by atoms with van der Waals surface area (Å²) < 4.78 is 0. The molecule has 2 fully saturated rings. The highest BCUT2D eigenvalue weighted by molar-refractivity contribution is 4.98. The van der Waals surface area contributed by atoms with Gasteiger partial charge in [0.2, 0.25) is 0 Å². The number of aliphatic hydroxyl groups is 1. The molecule has 2 nitrogen and oxygen atoms in total. The monoisotopic (exact) mass is 225 g/mol. The van der Waals surface area contributed by atoms with Crippen LogP contribution in [0.4, 0.5) is 0 Å². The summed E-state index contributed by atoms with van der Waals surface area (Å²) >= 11 is 0. The van der Waals surface area contributed by atoms with E-state index in [1.54, 1.807) is 0 Å². The van der Waals surface area contributed by atoms with Crippen molar-refractivity contribution in [2.75, 3.05) is 6.61 Å². The number of aliphatic hydroxyl groups excluding tert-OH is 1. The van der Waals surface area contributed by atoms with Crippen LogP contribution >= 0.6 is 0 Å². The fourth-order valence-corrected chi connectivity index (χ4v) is 4.07. The molecule has 0 aromatic rings. The van der Waals surface area contributed by atoms with Crippen molar-refractivity contribution in [3.05, 3.63) is 0 Å². The first kappa shape index (κ1) is 12.4. The third kappa shape index (κ3) is 2.60. The summed E-state index contributed by atoms with van der Waals surface area (Å²) in [5, 5.41) is 12.9. The zero-order valence-electron chi connectivity index (χ0n) is 11.0. The lowest BCUT2D eigenvalue weighted by molar-refractivity contribution is 0.0549. The Labute approximate surface area is 99.8 Å². The molecule has 1 saturated carbocycles. The molecule has 0 radical (unpaired) electrons. The molecule has 0 aromatic carbocycles. The third-order valence-corrected chi connectivity index (χ3v) is 4.68. The molecule has 0 amide bonds. The lowest BCUT2D eigenvalue weighted by Crippen LogP contribution is -2.58. The Balaban J connectivity index is 1.98. The molecule has 0 bridgehead atoms. The number of hydrogen-bond donors (Lipinski definition) is 2. The predicted molar refractivity (Wildman–Crippen MR) is 67.3 cm³/mol. The predicted octanol–water partition coefficient (Wildman–Crippen LogP) is 2.56. The van der Waals surface area contributed by atoms with Gasteiger partial charge in [-0.05, 0) is 63.7 Å². The Morgan fingerprint density at radius 1 is 1.31 bits per heavy atom. The molecule has 2 N–H and O–H groups in total. The molecule has 4 atom stereocenters. The summed E-state index contributed by atoms with van der Waals surface area (Å²) in [5.74, 6) is 2.46. The van der Waals surface area contributed by atoms with Crippen LogP contribution in [0.15, 0.2) is 0 Å². The van der Waals surface area contributed by atoms with Crippen molar-refractivity contribution in [3.63, 3.8) is 0 Å². The van der Waals surface area contributed by atoms with Crippen LogP contribution in [-0.2, 0) is 0 Å². The van der Waals surface area contributed by atoms with Crippen molar-refractivity contribution >= 4 is 0 Å². The number of piperidine rings is 1. The average molecular weight is 225 g/mol. The highest BCUT2D eigenvalue weighted by Crippen LogP contribution is 2.42. The molecule has 0 aromatic heterocycles. The second-order valence-electron chi connectivity index (χ2n) is 6.67. The van der Waals surface area contributed by atoms with E-state index in [0.717, 1.165) is 30.2 Å². The van der Waals surface area contributed by atoms with Crippen LogP contribution in [0.3, 0.4) is 0 Å². The molecule has 1 heterocycles. The summed E-state index contributed by atoms with van der Waals surface area (Å²) in [6, 6.07) is 0.730. The molecule has 2 rings (SSSR count). The first-order valence-corrected chi connectivity index (χ1v) is 6.90. The minimum Gasteiger partial charge on any atom is -0.396 e. The maximum Gasteiger partial charge on any atom is 0.0433 e. The lowest BCUT2D eigenvalue weighted by atomic mass is 9.66. The molecule has 94 valence electrons. The number of hydrogen-bond acceptors (Lipinski definition) is 2. The van der Waals surface area contributed by atoms with Crippen LogP contribution in [0.1, 0.15) is 52.9 Å². The summed E-state index contributed by atoms with van der Waals surface area (Å²) in [6.07, 6.45) is 6.25. The van der Waals surface area contributed by atoms with Gasteiger partial charge in [-0.3, -0.25) is 0 Å². The normalized spacial score (nSPS) is 42.8. The van der Waals surface area contributed by atoms with Crippen LogP contribution in [-0.4, -0.2) is 23.3 Å². The molecular weight excluding hydrogens is 198 g/mol. The SMILES string of the molecule is CC1CC(C)(C)NC2CCC(CCO)CC12. The van der Waals surface area contributed by atoms with Gasteiger partial charge in [-0.15, -0.1) is 0 Å². The Morgan fingerprint density at radius 2 is 2.06 bits per heavy atom. The van der Waals surface area contributed by atoms with Gasteiger partial charge in [0.1, 0.15) is 0 Å². The van der Waals surface area contributed by atoms with Crippen molar-refractivity contribution in [3.8, 4) is 0 Å². The fourth-order valence-electron chi connectivity index (χ4n) is 4.07. The minimum absolute atomic E-state index is 0.324. The summed E-state index contributed by atoms with van der Waals surface area (Å²) in [6.45, 7) is 7.45. The smallest absolute Gasteiger partial charge is 0.0433 e. The van der Waals surface area contributed by atoms with Crippen LogP contribution in [0.2, 0.25) is 0 Å². The van der Waals surface area contributed by atoms with Crippen LogP contribution in [0, 0.1) is 17.8 Å². The third-order valence-electron chi connectivity index (χ3n) is 4.68. The zero-order chi connectivity index (χ0) is 11.8. The van der Waals surface area contributed by atoms with E-state index in [4.69, 9.17) is 5.11 Å². The molecule has 1 aliphatic carbocycles. The lowest BCUT2D eigenvalue weighted by Gasteiger charge is -2.50. The Hall–Kier alpha value is -0.0800. The highest BCUT2D eigenvalue weighted by Gasteiger charge is 2.41. The van der Waals surface area contributed by atoms with Crippen molar-refractivity contribution in [2.45, 2.75) is 64.5 Å².